The van der Waals surface area contributed by atoms with E-state index in [1.165, 1.54) is 5.56 Å². The topological polar surface area (TPSA) is 82.5 Å². The first-order valence-corrected chi connectivity index (χ1v) is 11.7. The molecule has 1 amide bonds. The molecule has 7 heteroatoms. The third kappa shape index (κ3) is 4.42. The van der Waals surface area contributed by atoms with Gasteiger partial charge in [0.2, 0.25) is 5.91 Å². The summed E-state index contributed by atoms with van der Waals surface area (Å²) in [6, 6.07) is 11.2. The Balaban J connectivity index is 1.70. The van der Waals surface area contributed by atoms with E-state index in [0.717, 1.165) is 35.3 Å². The maximum absolute atomic E-state index is 13.6. The van der Waals surface area contributed by atoms with E-state index in [4.69, 9.17) is 9.47 Å². The Morgan fingerprint density at radius 1 is 1.12 bits per heavy atom. The molecule has 0 saturated heterocycles. The number of aryl methyl sites for hydroxylation is 3. The van der Waals surface area contributed by atoms with E-state index < -0.39 is 5.92 Å². The highest BCUT2D eigenvalue weighted by Crippen LogP contribution is 2.39. The van der Waals surface area contributed by atoms with Crippen LogP contribution in [0.1, 0.15) is 64.8 Å². The highest BCUT2D eigenvalue weighted by molar-refractivity contribution is 6.08. The first kappa shape index (κ1) is 23.5. The minimum atomic E-state index is -0.624. The lowest BCUT2D eigenvalue weighted by molar-refractivity contribution is -0.116. The van der Waals surface area contributed by atoms with Crippen molar-refractivity contribution in [2.45, 2.75) is 52.9 Å². The Morgan fingerprint density at radius 3 is 2.62 bits per heavy atom. The van der Waals surface area contributed by atoms with E-state index in [-0.39, 0.29) is 18.1 Å². The van der Waals surface area contributed by atoms with Crippen LogP contribution in [-0.2, 0) is 4.79 Å². The predicted octanol–water partition coefficient (Wildman–Crippen LogP) is 5.29. The van der Waals surface area contributed by atoms with Crippen LogP contribution in [0.15, 0.2) is 36.4 Å². The summed E-state index contributed by atoms with van der Waals surface area (Å²) in [5.41, 5.74) is 5.10. The number of ketones is 1. The average molecular weight is 462 g/mol. The van der Waals surface area contributed by atoms with Crippen molar-refractivity contribution in [3.63, 3.8) is 0 Å². The third-order valence-electron chi connectivity index (χ3n) is 6.36. The molecule has 1 N–H and O–H groups in total. The molecule has 1 aliphatic heterocycles. The molecule has 2 aromatic carbocycles. The summed E-state index contributed by atoms with van der Waals surface area (Å²) in [5.74, 6) is 0.695. The van der Waals surface area contributed by atoms with E-state index in [9.17, 15) is 9.59 Å². The molecular weight excluding hydrogens is 430 g/mol. The standard InChI is InChI=1S/C27H31N3O4/c1-6-7-12-34-22-11-9-19(14-23(22)33-5)26(32)21-15-24(31)28-27-25(21)18(4)29-30(27)20-10-8-16(2)17(3)13-20/h8-11,13-14,21H,6-7,12,15H2,1-5H3,(H,28,31). The second-order valence-corrected chi connectivity index (χ2v) is 8.76. The van der Waals surface area contributed by atoms with Crippen molar-refractivity contribution in [3.8, 4) is 17.2 Å². The fraction of sp³-hybridized carbons (Fsp3) is 0.370. The summed E-state index contributed by atoms with van der Waals surface area (Å²) < 4.78 is 13.0. The number of rotatable bonds is 8. The summed E-state index contributed by atoms with van der Waals surface area (Å²) in [6.07, 6.45) is 2.04. The van der Waals surface area contributed by atoms with Gasteiger partial charge in [-0.3, -0.25) is 9.59 Å². The molecule has 0 radical (unpaired) electrons. The normalized spacial score (nSPS) is 15.0. The monoisotopic (exact) mass is 461 g/mol. The number of aromatic nitrogens is 2. The van der Waals surface area contributed by atoms with Crippen molar-refractivity contribution in [1.29, 1.82) is 0 Å². The maximum atomic E-state index is 13.6. The summed E-state index contributed by atoms with van der Waals surface area (Å²) in [6.45, 7) is 8.65. The zero-order chi connectivity index (χ0) is 24.4. The van der Waals surface area contributed by atoms with Gasteiger partial charge in [-0.25, -0.2) is 4.68 Å². The Kier molecular flexibility index (Phi) is 6.72. The molecule has 4 rings (SSSR count). The van der Waals surface area contributed by atoms with Gasteiger partial charge in [0.25, 0.3) is 0 Å². The van der Waals surface area contributed by atoms with Crippen molar-refractivity contribution in [2.75, 3.05) is 19.0 Å². The quantitative estimate of drug-likeness (QED) is 0.364. The summed E-state index contributed by atoms with van der Waals surface area (Å²) in [7, 11) is 1.56. The fourth-order valence-electron chi connectivity index (χ4n) is 4.28. The van der Waals surface area contributed by atoms with E-state index in [0.29, 0.717) is 29.5 Å². The molecule has 0 saturated carbocycles. The highest BCUT2D eigenvalue weighted by Gasteiger charge is 2.36. The van der Waals surface area contributed by atoms with Gasteiger partial charge < -0.3 is 14.8 Å². The largest absolute Gasteiger partial charge is 0.493 e. The minimum Gasteiger partial charge on any atom is -0.493 e. The van der Waals surface area contributed by atoms with Gasteiger partial charge in [-0.15, -0.1) is 0 Å². The second-order valence-electron chi connectivity index (χ2n) is 8.76. The number of Topliss-reactive ketones (excluding diaryl/α,β-unsaturated/α-hetero) is 1. The number of unbranched alkanes of at least 4 members (excludes halogenated alkanes) is 1. The first-order valence-electron chi connectivity index (χ1n) is 11.7. The number of hydrogen-bond donors (Lipinski definition) is 1. The Morgan fingerprint density at radius 2 is 1.91 bits per heavy atom. The van der Waals surface area contributed by atoms with Crippen molar-refractivity contribution in [2.24, 2.45) is 0 Å². The summed E-state index contributed by atoms with van der Waals surface area (Å²) >= 11 is 0. The minimum absolute atomic E-state index is 0.0718. The van der Waals surface area contributed by atoms with E-state index >= 15 is 0 Å². The molecule has 2 heterocycles. The van der Waals surface area contributed by atoms with Crippen LogP contribution in [-0.4, -0.2) is 35.2 Å². The number of ether oxygens (including phenoxy) is 2. The van der Waals surface area contributed by atoms with Crippen LogP contribution >= 0.6 is 0 Å². The van der Waals surface area contributed by atoms with E-state index in [1.54, 1.807) is 30.0 Å². The number of nitrogens with one attached hydrogen (secondary N) is 1. The first-order chi connectivity index (χ1) is 16.3. The fourth-order valence-corrected chi connectivity index (χ4v) is 4.28. The van der Waals surface area contributed by atoms with Crippen LogP contribution in [0.4, 0.5) is 5.82 Å². The second kappa shape index (κ2) is 9.71. The zero-order valence-electron chi connectivity index (χ0n) is 20.4. The van der Waals surface area contributed by atoms with Gasteiger partial charge >= 0.3 is 0 Å². The summed E-state index contributed by atoms with van der Waals surface area (Å²) in [4.78, 5) is 26.3. The Bertz CT molecular complexity index is 1240. The number of benzene rings is 2. The molecule has 1 aromatic heterocycles. The van der Waals surface area contributed by atoms with Gasteiger partial charge in [-0.1, -0.05) is 19.4 Å². The number of methoxy groups -OCH3 is 1. The van der Waals surface area contributed by atoms with Crippen molar-refractivity contribution < 1.29 is 19.1 Å². The lowest BCUT2D eigenvalue weighted by Gasteiger charge is -2.23. The highest BCUT2D eigenvalue weighted by atomic mass is 16.5. The van der Waals surface area contributed by atoms with Crippen LogP contribution in [0.2, 0.25) is 0 Å². The van der Waals surface area contributed by atoms with Crippen molar-refractivity contribution >= 4 is 17.5 Å². The van der Waals surface area contributed by atoms with Crippen LogP contribution < -0.4 is 14.8 Å². The number of amides is 1. The van der Waals surface area contributed by atoms with Crippen LogP contribution in [0.25, 0.3) is 5.69 Å². The molecular formula is C27H31N3O4. The van der Waals surface area contributed by atoms with Crippen LogP contribution in [0.3, 0.4) is 0 Å². The molecule has 0 fully saturated rings. The number of carbonyl (C=O) groups excluding carboxylic acids is 2. The van der Waals surface area contributed by atoms with Gasteiger partial charge in [0, 0.05) is 17.5 Å². The van der Waals surface area contributed by atoms with E-state index in [2.05, 4.69) is 17.3 Å². The zero-order valence-corrected chi connectivity index (χ0v) is 20.4. The molecule has 1 aliphatic rings. The van der Waals surface area contributed by atoms with Gasteiger partial charge in [-0.2, -0.15) is 5.10 Å². The lowest BCUT2D eigenvalue weighted by Crippen LogP contribution is -2.28. The SMILES string of the molecule is CCCCOc1ccc(C(=O)C2CC(=O)Nc3c2c(C)nn3-c2ccc(C)c(C)c2)cc1OC. The summed E-state index contributed by atoms with van der Waals surface area (Å²) in [5, 5.41) is 7.63. The molecule has 7 nitrogen and oxygen atoms in total. The molecule has 0 spiro atoms. The van der Waals surface area contributed by atoms with Crippen LogP contribution in [0, 0.1) is 20.8 Å². The number of hydrogen-bond acceptors (Lipinski definition) is 5. The average Bonchev–Trinajstić information content (AvgIpc) is 3.16. The van der Waals surface area contributed by atoms with Gasteiger partial charge in [-0.05, 0) is 68.7 Å². The smallest absolute Gasteiger partial charge is 0.226 e. The predicted molar refractivity (Wildman–Crippen MR) is 131 cm³/mol. The lowest BCUT2D eigenvalue weighted by atomic mass is 9.85. The van der Waals surface area contributed by atoms with Gasteiger partial charge in [0.15, 0.2) is 17.3 Å². The molecule has 1 atom stereocenters. The van der Waals surface area contributed by atoms with Crippen molar-refractivity contribution in [3.05, 3.63) is 64.3 Å². The molecule has 0 bridgehead atoms. The molecule has 3 aromatic rings. The Labute approximate surface area is 200 Å². The Hall–Kier alpha value is -3.61. The molecule has 1 unspecified atom stereocenters. The van der Waals surface area contributed by atoms with Crippen LogP contribution in [0.5, 0.6) is 11.5 Å². The third-order valence-corrected chi connectivity index (χ3v) is 6.36. The number of nitrogens with zero attached hydrogens (tertiary/aromatic N) is 2. The maximum Gasteiger partial charge on any atom is 0.226 e. The van der Waals surface area contributed by atoms with Gasteiger partial charge in [0.05, 0.1) is 31.0 Å². The van der Waals surface area contributed by atoms with Crippen molar-refractivity contribution in [1.82, 2.24) is 9.78 Å². The molecule has 0 aliphatic carbocycles. The molecule has 34 heavy (non-hydrogen) atoms. The number of anilines is 1. The van der Waals surface area contributed by atoms with Gasteiger partial charge in [0.1, 0.15) is 5.82 Å². The number of carbonyl (C=O) groups is 2. The molecule has 178 valence electrons. The van der Waals surface area contributed by atoms with E-state index in [1.807, 2.05) is 39.0 Å². The number of fused-ring (bicyclic) bond motifs is 1.